The van der Waals surface area contributed by atoms with Gasteiger partial charge < -0.3 is 4.90 Å². The van der Waals surface area contributed by atoms with E-state index in [1.54, 1.807) is 20.8 Å². The number of carbonyl (C=O) groups is 2. The minimum absolute atomic E-state index is 0.0339. The highest BCUT2D eigenvalue weighted by Gasteiger charge is 2.39. The second-order valence-corrected chi connectivity index (χ2v) is 6.99. The number of Topliss-reactive ketones (excluding diaryl/α,β-unsaturated/α-hetero) is 1. The van der Waals surface area contributed by atoms with Crippen molar-refractivity contribution in [2.75, 3.05) is 13.1 Å². The van der Waals surface area contributed by atoms with Gasteiger partial charge in [0.2, 0.25) is 0 Å². The van der Waals surface area contributed by atoms with E-state index in [4.69, 9.17) is 11.6 Å². The van der Waals surface area contributed by atoms with Gasteiger partial charge in [-0.2, -0.15) is 0 Å². The molecule has 1 heterocycles. The van der Waals surface area contributed by atoms with Crippen molar-refractivity contribution >= 4 is 36.2 Å². The molecule has 1 rings (SSSR count). The van der Waals surface area contributed by atoms with Crippen LogP contribution in [0.5, 0.6) is 0 Å². The summed E-state index contributed by atoms with van der Waals surface area (Å²) in [6.45, 7) is 11.5. The van der Waals surface area contributed by atoms with Gasteiger partial charge in [0.1, 0.15) is 0 Å². The van der Waals surface area contributed by atoms with E-state index in [0.29, 0.717) is 11.1 Å². The smallest absolute Gasteiger partial charge is 0.257 e. The molecule has 1 atom stereocenters. The Morgan fingerprint density at radius 3 is 2.54 bits per heavy atom. The summed E-state index contributed by atoms with van der Waals surface area (Å²) in [4.78, 5) is 34.3. The van der Waals surface area contributed by atoms with Gasteiger partial charge in [0.05, 0.1) is 12.6 Å². The first-order valence-corrected chi connectivity index (χ1v) is 9.02. The van der Waals surface area contributed by atoms with E-state index in [0.717, 1.165) is 0 Å². The molecule has 5 nitrogen and oxygen atoms in total. The van der Waals surface area contributed by atoms with Crippen LogP contribution < -0.4 is 0 Å². The molecule has 0 fully saturated rings. The van der Waals surface area contributed by atoms with Crippen LogP contribution in [-0.4, -0.2) is 55.1 Å². The maximum atomic E-state index is 12.9. The average molecular weight is 412 g/mol. The highest BCUT2D eigenvalue weighted by Crippen LogP contribution is 2.30. The lowest BCUT2D eigenvalue weighted by Crippen LogP contribution is -2.37. The molecule has 1 amide bonds. The first-order valence-electron chi connectivity index (χ1n) is 8.64. The molecule has 1 aliphatic rings. The van der Waals surface area contributed by atoms with E-state index in [2.05, 4.69) is 23.3 Å². The predicted octanol–water partition coefficient (Wildman–Crippen LogP) is 3.97. The summed E-state index contributed by atoms with van der Waals surface area (Å²) >= 11 is 5.81. The van der Waals surface area contributed by atoms with Crippen molar-refractivity contribution in [3.05, 3.63) is 46.7 Å². The Bertz CT molecular complexity index is 767. The van der Waals surface area contributed by atoms with Crippen LogP contribution in [0.15, 0.2) is 56.7 Å². The standard InChI is InChI=1S/C20H24ClF2N3O2/c1-12(2)19(27)18-14(4)26(20(28)16(18)6-7-24-5)11-15(8-13(3)21)9-25-10-17(22)23/h6-9,12,14,17H,3,5,10-11H2,1-2,4H3/b7-6-,15-8+,25-9-. The number of hydrogen-bond acceptors (Lipinski definition) is 4. The molecule has 0 radical (unpaired) electrons. The molecule has 0 aromatic heterocycles. The normalized spacial score (nSPS) is 18.4. The monoisotopic (exact) mass is 411 g/mol. The lowest BCUT2D eigenvalue weighted by atomic mass is 9.94. The van der Waals surface area contributed by atoms with Gasteiger partial charge in [-0.15, -0.1) is 0 Å². The molecule has 1 aliphatic heterocycles. The SMILES string of the molecule is C=N/C=C\C1=C(C(=O)C(C)C)C(C)N(CC(/C=N\CC(F)F)=C/C(=C)Cl)C1=O. The van der Waals surface area contributed by atoms with Crippen LogP contribution in [0.3, 0.4) is 0 Å². The van der Waals surface area contributed by atoms with Crippen molar-refractivity contribution in [1.29, 1.82) is 0 Å². The highest BCUT2D eigenvalue weighted by atomic mass is 35.5. The Labute approximate surface area is 168 Å². The maximum absolute atomic E-state index is 12.9. The largest absolute Gasteiger partial charge is 0.327 e. The summed E-state index contributed by atoms with van der Waals surface area (Å²) < 4.78 is 24.7. The second kappa shape index (κ2) is 10.8. The molecular weight excluding hydrogens is 388 g/mol. The first kappa shape index (κ1) is 23.6. The van der Waals surface area contributed by atoms with E-state index < -0.39 is 19.0 Å². The molecule has 0 saturated carbocycles. The third-order valence-corrected chi connectivity index (χ3v) is 4.11. The number of ketones is 1. The van der Waals surface area contributed by atoms with Crippen LogP contribution in [0, 0.1) is 5.92 Å². The number of nitrogens with zero attached hydrogens (tertiary/aromatic N) is 3. The first-order chi connectivity index (χ1) is 13.1. The van der Waals surface area contributed by atoms with Crippen LogP contribution in [-0.2, 0) is 9.59 Å². The second-order valence-electron chi connectivity index (χ2n) is 6.51. The van der Waals surface area contributed by atoms with Gasteiger partial charge in [0.25, 0.3) is 12.3 Å². The van der Waals surface area contributed by atoms with Crippen molar-refractivity contribution in [3.8, 4) is 0 Å². The topological polar surface area (TPSA) is 62.1 Å². The Balaban J connectivity index is 3.24. The zero-order chi connectivity index (χ0) is 21.4. The fraction of sp³-hybridized carbons (Fsp3) is 0.400. The predicted molar refractivity (Wildman–Crippen MR) is 109 cm³/mol. The number of hydrogen-bond donors (Lipinski definition) is 0. The molecule has 0 aliphatic carbocycles. The zero-order valence-corrected chi connectivity index (χ0v) is 16.9. The molecule has 8 heteroatoms. The number of alkyl halides is 2. The molecule has 0 saturated heterocycles. The van der Waals surface area contributed by atoms with Gasteiger partial charge in [0.15, 0.2) is 5.78 Å². The fourth-order valence-electron chi connectivity index (χ4n) is 2.74. The molecule has 0 spiro atoms. The van der Waals surface area contributed by atoms with Crippen molar-refractivity contribution < 1.29 is 18.4 Å². The molecule has 0 N–H and O–H groups in total. The van der Waals surface area contributed by atoms with Crippen LogP contribution in [0.2, 0.25) is 0 Å². The summed E-state index contributed by atoms with van der Waals surface area (Å²) in [7, 11) is 0. The Morgan fingerprint density at radius 2 is 2.04 bits per heavy atom. The fourth-order valence-corrected chi connectivity index (χ4v) is 2.88. The van der Waals surface area contributed by atoms with Gasteiger partial charge in [-0.25, -0.2) is 8.78 Å². The third kappa shape index (κ3) is 6.34. The van der Waals surface area contributed by atoms with E-state index in [1.165, 1.54) is 29.5 Å². The van der Waals surface area contributed by atoms with Crippen molar-refractivity contribution in [2.45, 2.75) is 33.2 Å². The Kier molecular flexibility index (Phi) is 9.12. The Hall–Kier alpha value is -2.41. The number of rotatable bonds is 10. The number of carbonyl (C=O) groups excluding carboxylic acids is 2. The van der Waals surface area contributed by atoms with Crippen LogP contribution in [0.1, 0.15) is 20.8 Å². The van der Waals surface area contributed by atoms with Gasteiger partial charge in [0, 0.05) is 41.1 Å². The quantitative estimate of drug-likeness (QED) is 0.403. The van der Waals surface area contributed by atoms with Crippen molar-refractivity contribution in [2.24, 2.45) is 15.9 Å². The summed E-state index contributed by atoms with van der Waals surface area (Å²) in [6.07, 6.45) is 2.90. The van der Waals surface area contributed by atoms with Crippen molar-refractivity contribution in [3.63, 3.8) is 0 Å². The highest BCUT2D eigenvalue weighted by molar-refractivity contribution is 6.31. The average Bonchev–Trinajstić information content (AvgIpc) is 2.82. The summed E-state index contributed by atoms with van der Waals surface area (Å²) in [6, 6.07) is -0.512. The van der Waals surface area contributed by atoms with E-state index in [9.17, 15) is 18.4 Å². The number of allylic oxidation sites excluding steroid dienone is 2. The number of halogens is 3. The van der Waals surface area contributed by atoms with Gasteiger partial charge >= 0.3 is 0 Å². The van der Waals surface area contributed by atoms with E-state index in [1.807, 2.05) is 0 Å². The summed E-state index contributed by atoms with van der Waals surface area (Å²) in [5, 5.41) is 0.167. The third-order valence-electron chi connectivity index (χ3n) is 4.00. The lowest BCUT2D eigenvalue weighted by molar-refractivity contribution is -0.126. The number of amides is 1. The molecule has 0 bridgehead atoms. The van der Waals surface area contributed by atoms with Crippen molar-refractivity contribution in [1.82, 2.24) is 4.90 Å². The zero-order valence-electron chi connectivity index (χ0n) is 16.2. The Morgan fingerprint density at radius 1 is 1.39 bits per heavy atom. The molecular formula is C20H24ClF2N3O2. The molecule has 0 aromatic rings. The molecule has 152 valence electrons. The minimum Gasteiger partial charge on any atom is -0.327 e. The maximum Gasteiger partial charge on any atom is 0.257 e. The minimum atomic E-state index is -2.58. The van der Waals surface area contributed by atoms with Crippen LogP contribution in [0.25, 0.3) is 0 Å². The summed E-state index contributed by atoms with van der Waals surface area (Å²) in [5.41, 5.74) is 1.05. The van der Waals surface area contributed by atoms with E-state index in [-0.39, 0.29) is 34.8 Å². The van der Waals surface area contributed by atoms with Gasteiger partial charge in [-0.3, -0.25) is 19.6 Å². The molecule has 1 unspecified atom stereocenters. The van der Waals surface area contributed by atoms with Gasteiger partial charge in [-0.1, -0.05) is 32.0 Å². The van der Waals surface area contributed by atoms with Crippen LogP contribution in [0.4, 0.5) is 8.78 Å². The van der Waals surface area contributed by atoms with Crippen LogP contribution >= 0.6 is 11.6 Å². The summed E-state index contributed by atoms with van der Waals surface area (Å²) in [5.74, 6) is -0.814. The van der Waals surface area contributed by atoms with E-state index >= 15 is 0 Å². The number of aliphatic imine (C=N–C) groups is 2. The molecule has 0 aromatic carbocycles. The lowest BCUT2D eigenvalue weighted by Gasteiger charge is -2.24. The van der Waals surface area contributed by atoms with Gasteiger partial charge in [-0.05, 0) is 31.4 Å². The molecule has 28 heavy (non-hydrogen) atoms.